The first kappa shape index (κ1) is 10.8. The van der Waals surface area contributed by atoms with Crippen molar-refractivity contribution in [2.45, 2.75) is 12.5 Å². The van der Waals surface area contributed by atoms with Gasteiger partial charge in [-0.2, -0.15) is 0 Å². The van der Waals surface area contributed by atoms with Crippen molar-refractivity contribution >= 4 is 0 Å². The summed E-state index contributed by atoms with van der Waals surface area (Å²) in [4.78, 5) is 0. The van der Waals surface area contributed by atoms with Crippen LogP contribution in [0.3, 0.4) is 0 Å². The molecule has 0 bridgehead atoms. The number of rotatable bonds is 3. The molecule has 2 aromatic rings. The van der Waals surface area contributed by atoms with Crippen LogP contribution in [0.15, 0.2) is 41.2 Å². The maximum Gasteiger partial charge on any atom is 0.159 e. The molecule has 2 rings (SSSR count). The van der Waals surface area contributed by atoms with Gasteiger partial charge in [-0.15, -0.1) is 0 Å². The van der Waals surface area contributed by atoms with Crippen LogP contribution < -0.4 is 0 Å². The molecule has 0 aliphatic carbocycles. The van der Waals surface area contributed by atoms with Crippen molar-refractivity contribution in [2.24, 2.45) is 0 Å². The quantitative estimate of drug-likeness (QED) is 0.869. The molecular weight excluding hydrogens is 214 g/mol. The third-order valence-electron chi connectivity index (χ3n) is 2.34. The summed E-state index contributed by atoms with van der Waals surface area (Å²) < 4.78 is 30.4. The molecule has 0 aliphatic rings. The van der Waals surface area contributed by atoms with Crippen LogP contribution in [0.25, 0.3) is 0 Å². The second-order valence-corrected chi connectivity index (χ2v) is 3.53. The molecule has 0 aliphatic heterocycles. The Bertz CT molecular complexity index is 466. The summed E-state index contributed by atoms with van der Waals surface area (Å²) in [6, 6.07) is 5.08. The van der Waals surface area contributed by atoms with E-state index in [1.165, 1.54) is 18.6 Å². The topological polar surface area (TPSA) is 33.4 Å². The highest BCUT2D eigenvalue weighted by Crippen LogP contribution is 2.20. The second-order valence-electron chi connectivity index (χ2n) is 3.53. The molecule has 2 nitrogen and oxygen atoms in total. The minimum absolute atomic E-state index is 0.307. The maximum atomic E-state index is 12.9. The van der Waals surface area contributed by atoms with E-state index in [4.69, 9.17) is 4.42 Å². The highest BCUT2D eigenvalue weighted by molar-refractivity contribution is 5.22. The van der Waals surface area contributed by atoms with Gasteiger partial charge in [-0.05, 0) is 29.3 Å². The van der Waals surface area contributed by atoms with Gasteiger partial charge in [0.2, 0.25) is 0 Å². The number of hydrogen-bond acceptors (Lipinski definition) is 2. The normalized spacial score (nSPS) is 12.7. The molecule has 0 saturated heterocycles. The SMILES string of the molecule is OC(Cc1ccoc1)c1ccc(F)c(F)c1. The fraction of sp³-hybridized carbons (Fsp3) is 0.167. The Balaban J connectivity index is 2.14. The van der Waals surface area contributed by atoms with Gasteiger partial charge in [0.05, 0.1) is 18.6 Å². The van der Waals surface area contributed by atoms with Crippen molar-refractivity contribution < 1.29 is 18.3 Å². The van der Waals surface area contributed by atoms with Crippen LogP contribution in [0.5, 0.6) is 0 Å². The van der Waals surface area contributed by atoms with Gasteiger partial charge < -0.3 is 9.52 Å². The van der Waals surface area contributed by atoms with E-state index in [1.807, 2.05) is 0 Å². The molecule has 4 heteroatoms. The van der Waals surface area contributed by atoms with E-state index >= 15 is 0 Å². The molecule has 84 valence electrons. The predicted molar refractivity (Wildman–Crippen MR) is 53.7 cm³/mol. The number of hydrogen-bond donors (Lipinski definition) is 1. The first-order valence-corrected chi connectivity index (χ1v) is 4.81. The van der Waals surface area contributed by atoms with E-state index in [0.717, 1.165) is 17.7 Å². The smallest absolute Gasteiger partial charge is 0.159 e. The molecule has 16 heavy (non-hydrogen) atoms. The molecular formula is C12H10F2O2. The largest absolute Gasteiger partial charge is 0.472 e. The Morgan fingerprint density at radius 3 is 2.62 bits per heavy atom. The Kier molecular flexibility index (Phi) is 3.01. The number of benzene rings is 1. The van der Waals surface area contributed by atoms with Gasteiger partial charge in [0.15, 0.2) is 11.6 Å². The van der Waals surface area contributed by atoms with Gasteiger partial charge in [0, 0.05) is 6.42 Å². The summed E-state index contributed by atoms with van der Waals surface area (Å²) in [5, 5.41) is 9.78. The van der Waals surface area contributed by atoms with Crippen molar-refractivity contribution in [3.05, 3.63) is 59.6 Å². The second kappa shape index (κ2) is 4.45. The first-order valence-electron chi connectivity index (χ1n) is 4.81. The number of halogens is 2. The molecule has 1 unspecified atom stereocenters. The first-order chi connectivity index (χ1) is 7.66. The van der Waals surface area contributed by atoms with E-state index in [9.17, 15) is 13.9 Å². The minimum Gasteiger partial charge on any atom is -0.472 e. The Morgan fingerprint density at radius 1 is 1.19 bits per heavy atom. The van der Waals surface area contributed by atoms with Crippen molar-refractivity contribution in [1.82, 2.24) is 0 Å². The predicted octanol–water partition coefficient (Wildman–Crippen LogP) is 2.83. The molecule has 0 radical (unpaired) electrons. The average molecular weight is 224 g/mol. The van der Waals surface area contributed by atoms with Crippen molar-refractivity contribution in [3.63, 3.8) is 0 Å². The number of aliphatic hydroxyl groups is 1. The maximum absolute atomic E-state index is 12.9. The van der Waals surface area contributed by atoms with E-state index < -0.39 is 17.7 Å². The van der Waals surface area contributed by atoms with Gasteiger partial charge in [-0.1, -0.05) is 6.07 Å². The third kappa shape index (κ3) is 2.28. The van der Waals surface area contributed by atoms with Crippen LogP contribution in [0.1, 0.15) is 17.2 Å². The fourth-order valence-corrected chi connectivity index (χ4v) is 1.47. The summed E-state index contributed by atoms with van der Waals surface area (Å²) in [7, 11) is 0. The van der Waals surface area contributed by atoms with Crippen LogP contribution in [-0.4, -0.2) is 5.11 Å². The zero-order valence-electron chi connectivity index (χ0n) is 8.36. The average Bonchev–Trinajstić information content (AvgIpc) is 2.74. The van der Waals surface area contributed by atoms with Crippen LogP contribution in [0.4, 0.5) is 8.78 Å². The lowest BCUT2D eigenvalue weighted by Gasteiger charge is -2.09. The molecule has 1 atom stereocenters. The highest BCUT2D eigenvalue weighted by atomic mass is 19.2. The van der Waals surface area contributed by atoms with Gasteiger partial charge in [0.1, 0.15) is 0 Å². The third-order valence-corrected chi connectivity index (χ3v) is 2.34. The van der Waals surface area contributed by atoms with Gasteiger partial charge in [-0.3, -0.25) is 0 Å². The summed E-state index contributed by atoms with van der Waals surface area (Å²) >= 11 is 0. The standard InChI is InChI=1S/C12H10F2O2/c13-10-2-1-9(6-11(10)14)12(15)5-8-3-4-16-7-8/h1-4,6-7,12,15H,5H2. The molecule has 1 aromatic carbocycles. The highest BCUT2D eigenvalue weighted by Gasteiger charge is 2.12. The van der Waals surface area contributed by atoms with Crippen LogP contribution in [0.2, 0.25) is 0 Å². The summed E-state index contributed by atoms with van der Waals surface area (Å²) in [6.07, 6.45) is 2.44. The summed E-state index contributed by atoms with van der Waals surface area (Å²) in [6.45, 7) is 0. The van der Waals surface area contributed by atoms with Gasteiger partial charge >= 0.3 is 0 Å². The molecule has 1 N–H and O–H groups in total. The Labute approximate surface area is 91.1 Å². The lowest BCUT2D eigenvalue weighted by molar-refractivity contribution is 0.177. The van der Waals surface area contributed by atoms with E-state index in [1.54, 1.807) is 6.07 Å². The fourth-order valence-electron chi connectivity index (χ4n) is 1.47. The number of aliphatic hydroxyl groups excluding tert-OH is 1. The lowest BCUT2D eigenvalue weighted by atomic mass is 10.0. The minimum atomic E-state index is -0.955. The van der Waals surface area contributed by atoms with Crippen molar-refractivity contribution in [1.29, 1.82) is 0 Å². The molecule has 0 spiro atoms. The number of furan rings is 1. The summed E-state index contributed by atoms with van der Waals surface area (Å²) in [5.41, 5.74) is 1.15. The van der Waals surface area contributed by atoms with Crippen LogP contribution >= 0.6 is 0 Å². The molecule has 1 aromatic heterocycles. The molecule has 0 fully saturated rings. The Morgan fingerprint density at radius 2 is 2.00 bits per heavy atom. The lowest BCUT2D eigenvalue weighted by Crippen LogP contribution is -2.02. The van der Waals surface area contributed by atoms with Gasteiger partial charge in [-0.25, -0.2) is 8.78 Å². The van der Waals surface area contributed by atoms with Crippen LogP contribution in [0, 0.1) is 11.6 Å². The molecule has 1 heterocycles. The monoisotopic (exact) mass is 224 g/mol. The van der Waals surface area contributed by atoms with E-state index in [2.05, 4.69) is 0 Å². The van der Waals surface area contributed by atoms with Crippen molar-refractivity contribution in [3.8, 4) is 0 Å². The zero-order valence-corrected chi connectivity index (χ0v) is 8.36. The van der Waals surface area contributed by atoms with Crippen molar-refractivity contribution in [2.75, 3.05) is 0 Å². The molecule has 0 saturated carbocycles. The summed E-state index contributed by atoms with van der Waals surface area (Å²) in [5.74, 6) is -1.87. The van der Waals surface area contributed by atoms with Gasteiger partial charge in [0.25, 0.3) is 0 Å². The van der Waals surface area contributed by atoms with E-state index in [0.29, 0.717) is 12.0 Å². The zero-order chi connectivity index (χ0) is 11.5. The van der Waals surface area contributed by atoms with E-state index in [-0.39, 0.29) is 0 Å². The molecule has 0 amide bonds. The Hall–Kier alpha value is -1.68. The van der Waals surface area contributed by atoms with Crippen LogP contribution in [-0.2, 0) is 6.42 Å².